The molecule has 5 rings (SSSR count). The van der Waals surface area contributed by atoms with Gasteiger partial charge in [-0.05, 0) is 35.2 Å². The average molecular weight is 387 g/mol. The van der Waals surface area contributed by atoms with E-state index in [0.717, 1.165) is 40.8 Å². The fraction of sp³-hybridized carbons (Fsp3) is 0.227. The Morgan fingerprint density at radius 2 is 2.10 bits per heavy atom. The summed E-state index contributed by atoms with van der Waals surface area (Å²) in [6.45, 7) is 1.60. The van der Waals surface area contributed by atoms with Crippen molar-refractivity contribution >= 4 is 10.8 Å². The van der Waals surface area contributed by atoms with Gasteiger partial charge >= 0.3 is 0 Å². The third kappa shape index (κ3) is 2.86. The van der Waals surface area contributed by atoms with Crippen LogP contribution in [0.5, 0.6) is 0 Å². The van der Waals surface area contributed by atoms with Crippen molar-refractivity contribution in [3.63, 3.8) is 0 Å². The van der Waals surface area contributed by atoms with E-state index in [1.54, 1.807) is 0 Å². The predicted molar refractivity (Wildman–Crippen MR) is 111 cm³/mol. The van der Waals surface area contributed by atoms with E-state index in [1.807, 2.05) is 36.1 Å². The maximum absolute atomic E-state index is 12.2. The summed E-state index contributed by atoms with van der Waals surface area (Å²) in [6.07, 6.45) is 2.78. The maximum Gasteiger partial charge on any atom is 0.272 e. The minimum atomic E-state index is -0.218. The van der Waals surface area contributed by atoms with Crippen molar-refractivity contribution in [3.8, 4) is 22.4 Å². The normalized spacial score (nSPS) is 13.6. The molecule has 0 aliphatic carbocycles. The monoisotopic (exact) mass is 387 g/mol. The molecule has 0 atom stereocenters. The molecule has 0 spiro atoms. The molecule has 3 N–H and O–H groups in total. The lowest BCUT2D eigenvalue weighted by molar-refractivity contribution is 0.111. The van der Waals surface area contributed by atoms with Gasteiger partial charge < -0.3 is 10.5 Å². The summed E-state index contributed by atoms with van der Waals surface area (Å²) in [7, 11) is 1.94. The molecule has 2 aromatic heterocycles. The minimum Gasteiger partial charge on any atom is -0.376 e. The molecule has 1 aliphatic rings. The smallest absolute Gasteiger partial charge is 0.272 e. The van der Waals surface area contributed by atoms with Crippen molar-refractivity contribution < 1.29 is 4.74 Å². The summed E-state index contributed by atoms with van der Waals surface area (Å²) in [4.78, 5) is 12.2. The van der Waals surface area contributed by atoms with Gasteiger partial charge in [0.05, 0.1) is 36.2 Å². The van der Waals surface area contributed by atoms with Gasteiger partial charge in [0.15, 0.2) is 0 Å². The van der Waals surface area contributed by atoms with Crippen molar-refractivity contribution in [2.45, 2.75) is 19.6 Å². The fourth-order valence-electron chi connectivity index (χ4n) is 4.13. The SMILES string of the molecule is Cn1ncc(-c2ccc3c(=O)[nH]nc(CN)c3c2)c1-c1cccc2c1COCC2. The van der Waals surface area contributed by atoms with Crippen LogP contribution in [0, 0.1) is 0 Å². The van der Waals surface area contributed by atoms with Crippen molar-refractivity contribution in [3.05, 3.63) is 69.8 Å². The zero-order valence-corrected chi connectivity index (χ0v) is 16.1. The largest absolute Gasteiger partial charge is 0.376 e. The van der Waals surface area contributed by atoms with Crippen molar-refractivity contribution in [1.29, 1.82) is 0 Å². The van der Waals surface area contributed by atoms with Crippen molar-refractivity contribution in [2.75, 3.05) is 6.61 Å². The lowest BCUT2D eigenvalue weighted by atomic mass is 9.92. The molecule has 146 valence electrons. The molecular formula is C22H21N5O2. The van der Waals surface area contributed by atoms with Crippen LogP contribution >= 0.6 is 0 Å². The molecule has 1 aliphatic heterocycles. The molecule has 7 nitrogen and oxygen atoms in total. The lowest BCUT2D eigenvalue weighted by Gasteiger charge is -2.20. The quantitative estimate of drug-likeness (QED) is 0.563. The number of aromatic amines is 1. The van der Waals surface area contributed by atoms with Crippen LogP contribution in [0.4, 0.5) is 0 Å². The molecule has 0 unspecified atom stereocenters. The number of hydrogen-bond acceptors (Lipinski definition) is 5. The average Bonchev–Trinajstić information content (AvgIpc) is 3.14. The van der Waals surface area contributed by atoms with Crippen LogP contribution in [-0.2, 0) is 31.4 Å². The first-order valence-corrected chi connectivity index (χ1v) is 9.60. The summed E-state index contributed by atoms with van der Waals surface area (Å²) in [6, 6.07) is 12.1. The van der Waals surface area contributed by atoms with Crippen LogP contribution in [0.15, 0.2) is 47.4 Å². The second kappa shape index (κ2) is 6.95. The Balaban J connectivity index is 1.73. The second-order valence-electron chi connectivity index (χ2n) is 7.24. The van der Waals surface area contributed by atoms with Crippen molar-refractivity contribution in [1.82, 2.24) is 20.0 Å². The first-order valence-electron chi connectivity index (χ1n) is 9.60. The van der Waals surface area contributed by atoms with E-state index in [0.29, 0.717) is 17.7 Å². The van der Waals surface area contributed by atoms with Gasteiger partial charge in [-0.25, -0.2) is 5.10 Å². The number of H-pyrrole nitrogens is 1. The topological polar surface area (TPSA) is 98.8 Å². The van der Waals surface area contributed by atoms with Crippen LogP contribution in [0.1, 0.15) is 16.8 Å². The Morgan fingerprint density at radius 3 is 2.97 bits per heavy atom. The van der Waals surface area contributed by atoms with Crippen LogP contribution in [0.25, 0.3) is 33.2 Å². The molecule has 0 saturated carbocycles. The highest BCUT2D eigenvalue weighted by molar-refractivity contribution is 5.91. The predicted octanol–water partition coefficient (Wildman–Crippen LogP) is 2.52. The Labute approximate surface area is 167 Å². The molecule has 2 aromatic carbocycles. The van der Waals surface area contributed by atoms with Gasteiger partial charge in [0.25, 0.3) is 5.56 Å². The Bertz CT molecular complexity index is 1290. The second-order valence-corrected chi connectivity index (χ2v) is 7.24. The number of hydrogen-bond donors (Lipinski definition) is 2. The molecular weight excluding hydrogens is 366 g/mol. The molecule has 3 heterocycles. The number of nitrogens with zero attached hydrogens (tertiary/aromatic N) is 3. The van der Waals surface area contributed by atoms with Crippen LogP contribution < -0.4 is 11.3 Å². The van der Waals surface area contributed by atoms with Crippen LogP contribution in [0.3, 0.4) is 0 Å². The first kappa shape index (κ1) is 17.8. The zero-order valence-electron chi connectivity index (χ0n) is 16.1. The first-order chi connectivity index (χ1) is 14.2. The van der Waals surface area contributed by atoms with Gasteiger partial charge in [-0.3, -0.25) is 9.48 Å². The van der Waals surface area contributed by atoms with E-state index < -0.39 is 0 Å². The molecule has 0 radical (unpaired) electrons. The maximum atomic E-state index is 12.2. The number of ether oxygens (including phenoxy) is 1. The standard InChI is InChI=1S/C22H21N5O2/c1-27-21(15-4-2-3-13-7-8-29-12-19(13)15)18(11-24-27)14-5-6-16-17(9-14)20(10-23)25-26-22(16)28/h2-6,9,11H,7-8,10,12,23H2,1H3,(H,26,28). The van der Waals surface area contributed by atoms with E-state index in [-0.39, 0.29) is 12.1 Å². The van der Waals surface area contributed by atoms with E-state index in [2.05, 4.69) is 33.5 Å². The van der Waals surface area contributed by atoms with Crippen molar-refractivity contribution in [2.24, 2.45) is 12.8 Å². The Morgan fingerprint density at radius 1 is 1.21 bits per heavy atom. The fourth-order valence-corrected chi connectivity index (χ4v) is 4.13. The molecule has 0 bridgehead atoms. The van der Waals surface area contributed by atoms with Crippen LogP contribution in [0.2, 0.25) is 0 Å². The van der Waals surface area contributed by atoms with Gasteiger partial charge in [-0.15, -0.1) is 0 Å². The van der Waals surface area contributed by atoms with E-state index in [1.165, 1.54) is 11.1 Å². The number of nitrogens with two attached hydrogens (primary N) is 1. The summed E-state index contributed by atoms with van der Waals surface area (Å²) in [5, 5.41) is 12.5. The number of nitrogens with one attached hydrogen (secondary N) is 1. The molecule has 4 aromatic rings. The number of fused-ring (bicyclic) bond motifs is 2. The molecule has 7 heteroatoms. The van der Waals surface area contributed by atoms with E-state index in [9.17, 15) is 4.79 Å². The van der Waals surface area contributed by atoms with Gasteiger partial charge in [0.2, 0.25) is 0 Å². The number of benzene rings is 2. The molecule has 29 heavy (non-hydrogen) atoms. The molecule has 0 fully saturated rings. The Kier molecular flexibility index (Phi) is 4.26. The number of aromatic nitrogens is 4. The highest BCUT2D eigenvalue weighted by atomic mass is 16.5. The zero-order chi connectivity index (χ0) is 20.0. The van der Waals surface area contributed by atoms with Gasteiger partial charge in [-0.2, -0.15) is 10.2 Å². The molecule has 0 amide bonds. The summed E-state index contributed by atoms with van der Waals surface area (Å²) < 4.78 is 7.62. The van der Waals surface area contributed by atoms with Gasteiger partial charge in [-0.1, -0.05) is 24.3 Å². The lowest BCUT2D eigenvalue weighted by Crippen LogP contribution is -2.13. The number of aryl methyl sites for hydroxylation is 1. The van der Waals surface area contributed by atoms with E-state index in [4.69, 9.17) is 10.5 Å². The van der Waals surface area contributed by atoms with Gasteiger partial charge in [0, 0.05) is 30.1 Å². The summed E-state index contributed by atoms with van der Waals surface area (Å²) in [5.74, 6) is 0. The number of rotatable bonds is 3. The summed E-state index contributed by atoms with van der Waals surface area (Å²) in [5.41, 5.74) is 12.9. The minimum absolute atomic E-state index is 0.218. The highest BCUT2D eigenvalue weighted by Gasteiger charge is 2.20. The van der Waals surface area contributed by atoms with E-state index >= 15 is 0 Å². The third-order valence-corrected chi connectivity index (χ3v) is 5.60. The van der Waals surface area contributed by atoms with Gasteiger partial charge in [0.1, 0.15) is 0 Å². The molecule has 0 saturated heterocycles. The Hall–Kier alpha value is -3.29. The highest BCUT2D eigenvalue weighted by Crippen LogP contribution is 2.37. The summed E-state index contributed by atoms with van der Waals surface area (Å²) >= 11 is 0. The third-order valence-electron chi connectivity index (χ3n) is 5.60. The van der Waals surface area contributed by atoms with Crippen LogP contribution in [-0.4, -0.2) is 26.6 Å².